The van der Waals surface area contributed by atoms with E-state index in [0.29, 0.717) is 17.9 Å². The van der Waals surface area contributed by atoms with Crippen molar-refractivity contribution in [3.63, 3.8) is 0 Å². The number of carbonyl (C=O) groups is 2. The zero-order valence-corrected chi connectivity index (χ0v) is 17.3. The number of hydrogen-bond donors (Lipinski definition) is 1. The number of hydrogen-bond acceptors (Lipinski definition) is 4. The molecule has 0 atom stereocenters. The predicted molar refractivity (Wildman–Crippen MR) is 115 cm³/mol. The van der Waals surface area contributed by atoms with E-state index in [4.69, 9.17) is 0 Å². The van der Waals surface area contributed by atoms with Crippen LogP contribution in [-0.2, 0) is 11.2 Å². The highest BCUT2D eigenvalue weighted by Gasteiger charge is 2.24. The molecule has 0 aromatic heterocycles. The maximum atomic E-state index is 12.7. The first-order chi connectivity index (χ1) is 13.6. The maximum Gasteiger partial charge on any atom is 0.252 e. The van der Waals surface area contributed by atoms with Crippen LogP contribution in [0.5, 0.6) is 0 Å². The molecular weight excluding hydrogens is 370 g/mol. The van der Waals surface area contributed by atoms with Crippen molar-refractivity contribution in [3.05, 3.63) is 59.7 Å². The van der Waals surface area contributed by atoms with Gasteiger partial charge in [-0.1, -0.05) is 37.3 Å². The molecule has 148 valence electrons. The number of nitrogens with zero attached hydrogens (tertiary/aromatic N) is 2. The molecule has 1 aliphatic rings. The van der Waals surface area contributed by atoms with Gasteiger partial charge in [-0.2, -0.15) is 0 Å². The first-order valence-corrected chi connectivity index (χ1v) is 10.7. The molecule has 28 heavy (non-hydrogen) atoms. The Morgan fingerprint density at radius 1 is 1.14 bits per heavy atom. The standard InChI is InChI=1S/C22H27N3O2S/c1-3-24(2)15-13-23-22(27)18-9-5-7-11-20(18)28-16-21(26)25-14-12-17-8-4-6-10-19(17)25/h4-11H,3,12-16H2,1-2H3,(H,23,27). The van der Waals surface area contributed by atoms with E-state index in [2.05, 4.69) is 23.2 Å². The van der Waals surface area contributed by atoms with Gasteiger partial charge in [0.2, 0.25) is 5.91 Å². The summed E-state index contributed by atoms with van der Waals surface area (Å²) in [6.07, 6.45) is 0.901. The van der Waals surface area contributed by atoms with Gasteiger partial charge in [-0.3, -0.25) is 9.59 Å². The summed E-state index contributed by atoms with van der Waals surface area (Å²) in [6, 6.07) is 15.5. The number of rotatable bonds is 8. The maximum absolute atomic E-state index is 12.7. The fraction of sp³-hybridized carbons (Fsp3) is 0.364. The zero-order valence-electron chi connectivity index (χ0n) is 16.5. The molecule has 1 aliphatic heterocycles. The largest absolute Gasteiger partial charge is 0.351 e. The molecule has 1 N–H and O–H groups in total. The summed E-state index contributed by atoms with van der Waals surface area (Å²) >= 11 is 1.43. The molecule has 2 amide bonds. The topological polar surface area (TPSA) is 52.7 Å². The normalized spacial score (nSPS) is 12.9. The summed E-state index contributed by atoms with van der Waals surface area (Å²) in [4.78, 5) is 30.1. The Bertz CT molecular complexity index is 840. The number of carbonyl (C=O) groups excluding carboxylic acids is 2. The Kier molecular flexibility index (Phi) is 7.12. The van der Waals surface area contributed by atoms with Gasteiger partial charge in [0.1, 0.15) is 0 Å². The fourth-order valence-electron chi connectivity index (χ4n) is 3.21. The zero-order chi connectivity index (χ0) is 19.9. The highest BCUT2D eigenvalue weighted by atomic mass is 32.2. The van der Waals surface area contributed by atoms with Crippen molar-refractivity contribution in [1.29, 1.82) is 0 Å². The monoisotopic (exact) mass is 397 g/mol. The Morgan fingerprint density at radius 3 is 2.71 bits per heavy atom. The van der Waals surface area contributed by atoms with Crippen molar-refractivity contribution >= 4 is 29.3 Å². The fourth-order valence-corrected chi connectivity index (χ4v) is 4.13. The number of para-hydroxylation sites is 1. The molecule has 0 bridgehead atoms. The number of anilines is 1. The Hall–Kier alpha value is -2.31. The van der Waals surface area contributed by atoms with Crippen molar-refractivity contribution in [2.45, 2.75) is 18.2 Å². The predicted octanol–water partition coefficient (Wildman–Crippen LogP) is 3.05. The van der Waals surface area contributed by atoms with E-state index < -0.39 is 0 Å². The van der Waals surface area contributed by atoms with E-state index in [9.17, 15) is 9.59 Å². The quantitative estimate of drug-likeness (QED) is 0.696. The number of amides is 2. The molecule has 3 rings (SSSR count). The van der Waals surface area contributed by atoms with Crippen molar-refractivity contribution in [1.82, 2.24) is 10.2 Å². The van der Waals surface area contributed by atoms with Gasteiger partial charge in [0.05, 0.1) is 11.3 Å². The number of fused-ring (bicyclic) bond motifs is 1. The minimum absolute atomic E-state index is 0.0785. The van der Waals surface area contributed by atoms with Crippen molar-refractivity contribution in [2.75, 3.05) is 43.9 Å². The first kappa shape index (κ1) is 20.4. The van der Waals surface area contributed by atoms with Crippen LogP contribution in [0.4, 0.5) is 5.69 Å². The summed E-state index contributed by atoms with van der Waals surface area (Å²) in [5.41, 5.74) is 2.86. The van der Waals surface area contributed by atoms with E-state index in [-0.39, 0.29) is 11.8 Å². The lowest BCUT2D eigenvalue weighted by molar-refractivity contribution is -0.116. The number of thioether (sulfide) groups is 1. The minimum Gasteiger partial charge on any atom is -0.351 e. The van der Waals surface area contributed by atoms with Gasteiger partial charge in [-0.15, -0.1) is 11.8 Å². The lowest BCUT2D eigenvalue weighted by Crippen LogP contribution is -2.33. The van der Waals surface area contributed by atoms with Crippen molar-refractivity contribution in [2.24, 2.45) is 0 Å². The smallest absolute Gasteiger partial charge is 0.252 e. The van der Waals surface area contributed by atoms with E-state index in [1.54, 1.807) is 0 Å². The van der Waals surface area contributed by atoms with Crippen molar-refractivity contribution in [3.8, 4) is 0 Å². The third-order valence-electron chi connectivity index (χ3n) is 4.99. The minimum atomic E-state index is -0.0911. The third kappa shape index (κ3) is 4.94. The summed E-state index contributed by atoms with van der Waals surface area (Å²) in [5.74, 6) is 0.304. The molecule has 5 nitrogen and oxygen atoms in total. The van der Waals surface area contributed by atoms with Crippen LogP contribution in [-0.4, -0.2) is 55.7 Å². The van der Waals surface area contributed by atoms with Crippen LogP contribution in [0.25, 0.3) is 0 Å². The Balaban J connectivity index is 1.59. The summed E-state index contributed by atoms with van der Waals surface area (Å²) < 4.78 is 0. The molecular formula is C22H27N3O2S. The van der Waals surface area contributed by atoms with E-state index in [1.165, 1.54) is 17.3 Å². The van der Waals surface area contributed by atoms with Crippen LogP contribution < -0.4 is 10.2 Å². The second-order valence-corrected chi connectivity index (χ2v) is 7.88. The van der Waals surface area contributed by atoms with Gasteiger partial charge in [-0.25, -0.2) is 0 Å². The van der Waals surface area contributed by atoms with Crippen LogP contribution >= 0.6 is 11.8 Å². The molecule has 0 fully saturated rings. The molecule has 0 spiro atoms. The van der Waals surface area contributed by atoms with Gasteiger partial charge in [0, 0.05) is 30.2 Å². The van der Waals surface area contributed by atoms with Crippen LogP contribution in [0.15, 0.2) is 53.4 Å². The second kappa shape index (κ2) is 9.75. The summed E-state index contributed by atoms with van der Waals surface area (Å²) in [5, 5.41) is 2.97. The molecule has 0 radical (unpaired) electrons. The van der Waals surface area contributed by atoms with Gasteiger partial charge < -0.3 is 15.1 Å². The second-order valence-electron chi connectivity index (χ2n) is 6.86. The summed E-state index contributed by atoms with van der Waals surface area (Å²) in [6.45, 7) is 5.18. The van der Waals surface area contributed by atoms with E-state index >= 15 is 0 Å². The van der Waals surface area contributed by atoms with E-state index in [0.717, 1.165) is 36.6 Å². The SMILES string of the molecule is CCN(C)CCNC(=O)c1ccccc1SCC(=O)N1CCc2ccccc21. The number of nitrogens with one attached hydrogen (secondary N) is 1. The lowest BCUT2D eigenvalue weighted by Gasteiger charge is -2.18. The average molecular weight is 398 g/mol. The van der Waals surface area contributed by atoms with Gasteiger partial charge >= 0.3 is 0 Å². The number of benzene rings is 2. The third-order valence-corrected chi connectivity index (χ3v) is 6.05. The lowest BCUT2D eigenvalue weighted by atomic mass is 10.2. The highest BCUT2D eigenvalue weighted by molar-refractivity contribution is 8.00. The Morgan fingerprint density at radius 2 is 1.89 bits per heavy atom. The summed E-state index contributed by atoms with van der Waals surface area (Å²) in [7, 11) is 2.03. The molecule has 0 saturated carbocycles. The molecule has 1 heterocycles. The van der Waals surface area contributed by atoms with Gasteiger partial charge in [0.15, 0.2) is 0 Å². The highest BCUT2D eigenvalue weighted by Crippen LogP contribution is 2.29. The molecule has 0 aliphatic carbocycles. The molecule has 6 heteroatoms. The molecule has 0 saturated heterocycles. The molecule has 2 aromatic rings. The van der Waals surface area contributed by atoms with E-state index in [1.807, 2.05) is 54.4 Å². The van der Waals surface area contributed by atoms with Crippen LogP contribution in [0.3, 0.4) is 0 Å². The number of likely N-dealkylation sites (N-methyl/N-ethyl adjacent to an activating group) is 1. The first-order valence-electron chi connectivity index (χ1n) is 9.67. The van der Waals surface area contributed by atoms with Crippen LogP contribution in [0.2, 0.25) is 0 Å². The van der Waals surface area contributed by atoms with Gasteiger partial charge in [-0.05, 0) is 43.8 Å². The Labute approximate surface area is 171 Å². The molecule has 2 aromatic carbocycles. The van der Waals surface area contributed by atoms with Crippen LogP contribution in [0, 0.1) is 0 Å². The van der Waals surface area contributed by atoms with Gasteiger partial charge in [0.25, 0.3) is 5.91 Å². The van der Waals surface area contributed by atoms with Crippen LogP contribution in [0.1, 0.15) is 22.8 Å². The average Bonchev–Trinajstić information content (AvgIpc) is 3.16. The van der Waals surface area contributed by atoms with Crippen molar-refractivity contribution < 1.29 is 9.59 Å². The molecule has 0 unspecified atom stereocenters.